The molecule has 0 aliphatic rings. The van der Waals surface area contributed by atoms with Crippen molar-refractivity contribution in [2.75, 3.05) is 19.8 Å². The number of fused-ring (bicyclic) bond motifs is 1. The van der Waals surface area contributed by atoms with Gasteiger partial charge in [-0.15, -0.1) is 0 Å². The number of hydrogen-bond donors (Lipinski definition) is 2. The maximum absolute atomic E-state index is 11.5. The van der Waals surface area contributed by atoms with Crippen molar-refractivity contribution in [1.82, 2.24) is 0 Å². The summed E-state index contributed by atoms with van der Waals surface area (Å²) in [6.45, 7) is 5.17. The van der Waals surface area contributed by atoms with Crippen molar-refractivity contribution in [1.29, 1.82) is 0 Å². The van der Waals surface area contributed by atoms with Gasteiger partial charge in [-0.2, -0.15) is 0 Å². The van der Waals surface area contributed by atoms with Crippen molar-refractivity contribution in [3.8, 4) is 17.1 Å². The Morgan fingerprint density at radius 2 is 1.87 bits per heavy atom. The highest BCUT2D eigenvalue weighted by Crippen LogP contribution is 2.30. The smallest absolute Gasteiger partial charge is 0.333 e. The Morgan fingerprint density at radius 3 is 2.58 bits per heavy atom. The van der Waals surface area contributed by atoms with Crippen LogP contribution in [-0.2, 0) is 9.53 Å². The number of benzene rings is 2. The average Bonchev–Trinajstić information content (AvgIpc) is 3.21. The molecule has 2 unspecified atom stereocenters. The molecule has 0 radical (unpaired) electrons. The number of aliphatic hydroxyl groups excluding tert-OH is 2. The number of furan rings is 1. The van der Waals surface area contributed by atoms with Crippen LogP contribution in [0.15, 0.2) is 71.2 Å². The monoisotopic (exact) mass is 424 g/mol. The molecule has 0 bridgehead atoms. The normalized spacial score (nSPS) is 13.0. The van der Waals surface area contributed by atoms with Crippen molar-refractivity contribution >= 4 is 16.9 Å². The third-order valence-electron chi connectivity index (χ3n) is 4.96. The first-order valence-corrected chi connectivity index (χ1v) is 10.3. The van der Waals surface area contributed by atoms with Gasteiger partial charge in [-0.3, -0.25) is 0 Å². The maximum Gasteiger partial charge on any atom is 0.333 e. The number of esters is 1. The standard InChI is InChI=1S/C25H28O6/c1-17(2)25(28)30-15-18(14-26)8-10-21(27)16-29-22-11-9-20-12-23(31-24(20)13-22)19-6-4-3-5-7-19/h3-7,9,11-13,18,21,26-27H,1,8,10,14-16H2,2H3. The molecule has 3 rings (SSSR count). The van der Waals surface area contributed by atoms with E-state index >= 15 is 0 Å². The van der Waals surface area contributed by atoms with Crippen molar-refractivity contribution in [3.05, 3.63) is 66.7 Å². The van der Waals surface area contributed by atoms with Crippen LogP contribution in [0.4, 0.5) is 0 Å². The molecule has 0 aliphatic carbocycles. The second kappa shape index (κ2) is 10.8. The van der Waals surface area contributed by atoms with Crippen molar-refractivity contribution in [3.63, 3.8) is 0 Å². The SMILES string of the molecule is C=C(C)C(=O)OCC(CO)CCC(O)COc1ccc2cc(-c3ccccc3)oc2c1. The molecule has 0 aliphatic heterocycles. The van der Waals surface area contributed by atoms with Crippen molar-refractivity contribution < 1.29 is 28.9 Å². The molecule has 3 aromatic rings. The van der Waals surface area contributed by atoms with E-state index in [9.17, 15) is 15.0 Å². The number of hydrogen-bond acceptors (Lipinski definition) is 6. The molecule has 1 heterocycles. The van der Waals surface area contributed by atoms with Gasteiger partial charge in [-0.1, -0.05) is 36.9 Å². The lowest BCUT2D eigenvalue weighted by Crippen LogP contribution is -2.22. The molecule has 6 heteroatoms. The highest BCUT2D eigenvalue weighted by molar-refractivity contribution is 5.87. The lowest BCUT2D eigenvalue weighted by atomic mass is 10.0. The number of carbonyl (C=O) groups excluding carboxylic acids is 1. The molecule has 0 spiro atoms. The molecule has 0 saturated carbocycles. The molecule has 0 saturated heterocycles. The van der Waals surface area contributed by atoms with Crippen LogP contribution in [0.1, 0.15) is 19.8 Å². The summed E-state index contributed by atoms with van der Waals surface area (Å²) in [5.74, 6) is 0.671. The predicted octanol–water partition coefficient (Wildman–Crippen LogP) is 4.35. The van der Waals surface area contributed by atoms with Gasteiger partial charge in [0, 0.05) is 35.1 Å². The van der Waals surface area contributed by atoms with Gasteiger partial charge >= 0.3 is 5.97 Å². The molecule has 2 aromatic carbocycles. The largest absolute Gasteiger partial charge is 0.491 e. The lowest BCUT2D eigenvalue weighted by molar-refractivity contribution is -0.140. The number of carbonyl (C=O) groups is 1. The first kappa shape index (κ1) is 22.6. The summed E-state index contributed by atoms with van der Waals surface area (Å²) in [5.41, 5.74) is 2.03. The summed E-state index contributed by atoms with van der Waals surface area (Å²) >= 11 is 0. The van der Waals surface area contributed by atoms with E-state index in [2.05, 4.69) is 6.58 Å². The van der Waals surface area contributed by atoms with E-state index in [1.54, 1.807) is 6.92 Å². The summed E-state index contributed by atoms with van der Waals surface area (Å²) in [5, 5.41) is 20.7. The third kappa shape index (κ3) is 6.44. The van der Waals surface area contributed by atoms with E-state index < -0.39 is 12.1 Å². The van der Waals surface area contributed by atoms with Gasteiger partial charge in [-0.25, -0.2) is 4.79 Å². The molecular formula is C25H28O6. The predicted molar refractivity (Wildman–Crippen MR) is 119 cm³/mol. The van der Waals surface area contributed by atoms with Gasteiger partial charge in [0.25, 0.3) is 0 Å². The van der Waals surface area contributed by atoms with Crippen LogP contribution >= 0.6 is 0 Å². The fourth-order valence-corrected chi connectivity index (χ4v) is 3.09. The minimum atomic E-state index is -0.710. The van der Waals surface area contributed by atoms with Gasteiger partial charge in [0.05, 0.1) is 12.7 Å². The second-order valence-electron chi connectivity index (χ2n) is 7.65. The zero-order valence-corrected chi connectivity index (χ0v) is 17.6. The van der Waals surface area contributed by atoms with Gasteiger partial charge < -0.3 is 24.1 Å². The summed E-state index contributed by atoms with van der Waals surface area (Å²) < 4.78 is 16.7. The fourth-order valence-electron chi connectivity index (χ4n) is 3.09. The Labute approximate surface area is 181 Å². The van der Waals surface area contributed by atoms with Crippen LogP contribution in [0, 0.1) is 5.92 Å². The summed E-state index contributed by atoms with van der Waals surface area (Å²) in [6.07, 6.45) is 0.206. The van der Waals surface area contributed by atoms with E-state index in [4.69, 9.17) is 13.9 Å². The molecule has 2 atom stereocenters. The Hall–Kier alpha value is -3.09. The maximum atomic E-state index is 11.5. The van der Waals surface area contributed by atoms with E-state index in [0.29, 0.717) is 29.7 Å². The Morgan fingerprint density at radius 1 is 1.10 bits per heavy atom. The highest BCUT2D eigenvalue weighted by Gasteiger charge is 2.15. The summed E-state index contributed by atoms with van der Waals surface area (Å²) in [4.78, 5) is 11.5. The first-order valence-electron chi connectivity index (χ1n) is 10.3. The average molecular weight is 424 g/mol. The Kier molecular flexibility index (Phi) is 7.87. The van der Waals surface area contributed by atoms with Crippen molar-refractivity contribution in [2.24, 2.45) is 5.92 Å². The van der Waals surface area contributed by atoms with Gasteiger partial charge in [0.1, 0.15) is 23.7 Å². The van der Waals surface area contributed by atoms with Crippen molar-refractivity contribution in [2.45, 2.75) is 25.9 Å². The topological polar surface area (TPSA) is 89.1 Å². The number of rotatable bonds is 11. The molecule has 1 aromatic heterocycles. The molecule has 0 amide bonds. The lowest BCUT2D eigenvalue weighted by Gasteiger charge is -2.17. The van der Waals surface area contributed by atoms with Crippen LogP contribution in [0.5, 0.6) is 5.75 Å². The minimum Gasteiger partial charge on any atom is -0.491 e. The van der Waals surface area contributed by atoms with E-state index in [1.807, 2.05) is 54.6 Å². The molecule has 164 valence electrons. The second-order valence-corrected chi connectivity index (χ2v) is 7.65. The third-order valence-corrected chi connectivity index (χ3v) is 4.96. The van der Waals surface area contributed by atoms with Gasteiger partial charge in [-0.05, 0) is 38.0 Å². The molecule has 2 N–H and O–H groups in total. The summed E-state index contributed by atoms with van der Waals surface area (Å²) in [7, 11) is 0. The number of ether oxygens (including phenoxy) is 2. The quantitative estimate of drug-likeness (QED) is 0.351. The molecule has 6 nitrogen and oxygen atoms in total. The highest BCUT2D eigenvalue weighted by atomic mass is 16.5. The van der Waals surface area contributed by atoms with E-state index in [-0.39, 0.29) is 25.7 Å². The van der Waals surface area contributed by atoms with Gasteiger partial charge in [0.15, 0.2) is 0 Å². The zero-order chi connectivity index (χ0) is 22.2. The fraction of sp³-hybridized carbons (Fsp3) is 0.320. The minimum absolute atomic E-state index is 0.0919. The molecule has 0 fully saturated rings. The van der Waals surface area contributed by atoms with Crippen LogP contribution in [-0.4, -0.2) is 42.1 Å². The summed E-state index contributed by atoms with van der Waals surface area (Å²) in [6, 6.07) is 17.4. The van der Waals surface area contributed by atoms with E-state index in [1.165, 1.54) is 0 Å². The van der Waals surface area contributed by atoms with Crippen LogP contribution in [0.2, 0.25) is 0 Å². The molecular weight excluding hydrogens is 396 g/mol. The Balaban J connectivity index is 1.49. The van der Waals surface area contributed by atoms with E-state index in [0.717, 1.165) is 16.7 Å². The first-order chi connectivity index (χ1) is 15.0. The number of aliphatic hydroxyl groups is 2. The van der Waals surface area contributed by atoms with Crippen LogP contribution < -0.4 is 4.74 Å². The molecule has 31 heavy (non-hydrogen) atoms. The Bertz CT molecular complexity index is 1010. The van der Waals surface area contributed by atoms with Gasteiger partial charge in [0.2, 0.25) is 0 Å². The van der Waals surface area contributed by atoms with Crippen LogP contribution in [0.25, 0.3) is 22.3 Å². The van der Waals surface area contributed by atoms with Crippen LogP contribution in [0.3, 0.4) is 0 Å². The zero-order valence-electron chi connectivity index (χ0n) is 17.6.